The molecule has 2 heteroatoms. The van der Waals surface area contributed by atoms with Gasteiger partial charge in [0.25, 0.3) is 0 Å². The van der Waals surface area contributed by atoms with Crippen molar-refractivity contribution < 1.29 is 0 Å². The lowest BCUT2D eigenvalue weighted by atomic mass is 10.2. The average molecular weight is 100 g/mol. The van der Waals surface area contributed by atoms with Crippen LogP contribution in [0.15, 0.2) is 12.3 Å². The second kappa shape index (κ2) is 3.68. The van der Waals surface area contributed by atoms with E-state index < -0.39 is 0 Å². The molecule has 2 nitrogen and oxygen atoms in total. The van der Waals surface area contributed by atoms with Crippen LogP contribution in [0.1, 0.15) is 13.8 Å². The number of hydrazine groups is 1. The maximum Gasteiger partial charge on any atom is 0.00852 e. The minimum atomic E-state index is 0.580. The molecule has 0 unspecified atom stereocenters. The van der Waals surface area contributed by atoms with E-state index in [0.29, 0.717) is 5.92 Å². The van der Waals surface area contributed by atoms with Gasteiger partial charge in [0.05, 0.1) is 0 Å². The van der Waals surface area contributed by atoms with Gasteiger partial charge >= 0.3 is 0 Å². The van der Waals surface area contributed by atoms with E-state index in [-0.39, 0.29) is 0 Å². The van der Waals surface area contributed by atoms with E-state index in [1.54, 1.807) is 6.20 Å². The molecule has 0 radical (unpaired) electrons. The molecule has 0 heterocycles. The first-order valence-electron chi connectivity index (χ1n) is 2.40. The predicted octanol–water partition coefficient (Wildman–Crippen LogP) is 0.619. The molecule has 0 aliphatic rings. The Morgan fingerprint density at radius 1 is 1.57 bits per heavy atom. The van der Waals surface area contributed by atoms with E-state index in [2.05, 4.69) is 19.3 Å². The lowest BCUT2D eigenvalue weighted by molar-refractivity contribution is 0.813. The van der Waals surface area contributed by atoms with Crippen molar-refractivity contribution >= 4 is 0 Å². The summed E-state index contributed by atoms with van der Waals surface area (Å²) in [6, 6.07) is 0. The minimum absolute atomic E-state index is 0.580. The fourth-order valence-electron chi connectivity index (χ4n) is 0.248. The monoisotopic (exact) mass is 100 g/mol. The quantitative estimate of drug-likeness (QED) is 0.394. The van der Waals surface area contributed by atoms with Gasteiger partial charge in [-0.1, -0.05) is 19.9 Å². The Morgan fingerprint density at radius 3 is 2.29 bits per heavy atom. The minimum Gasteiger partial charge on any atom is -0.332 e. The highest BCUT2D eigenvalue weighted by Crippen LogP contribution is 1.89. The van der Waals surface area contributed by atoms with E-state index in [1.807, 2.05) is 6.08 Å². The Hall–Kier alpha value is -0.500. The van der Waals surface area contributed by atoms with Crippen molar-refractivity contribution in [2.24, 2.45) is 11.8 Å². The Balaban J connectivity index is 3.08. The first kappa shape index (κ1) is 6.50. The van der Waals surface area contributed by atoms with E-state index in [0.717, 1.165) is 0 Å². The van der Waals surface area contributed by atoms with Crippen LogP contribution in [0, 0.1) is 5.92 Å². The number of hydrogen-bond acceptors (Lipinski definition) is 2. The molecule has 0 saturated carbocycles. The molecule has 0 aliphatic heterocycles. The molecule has 0 bridgehead atoms. The highest BCUT2D eigenvalue weighted by molar-refractivity contribution is 4.79. The van der Waals surface area contributed by atoms with Gasteiger partial charge in [-0.3, -0.25) is 5.84 Å². The van der Waals surface area contributed by atoms with Gasteiger partial charge < -0.3 is 5.43 Å². The maximum absolute atomic E-state index is 4.94. The van der Waals surface area contributed by atoms with Crippen LogP contribution in [-0.2, 0) is 0 Å². The van der Waals surface area contributed by atoms with Crippen LogP contribution in [0.4, 0.5) is 0 Å². The molecular weight excluding hydrogens is 88.1 g/mol. The Labute approximate surface area is 44.4 Å². The molecule has 3 N–H and O–H groups in total. The van der Waals surface area contributed by atoms with Gasteiger partial charge in [0.15, 0.2) is 0 Å². The molecule has 0 rings (SSSR count). The van der Waals surface area contributed by atoms with Gasteiger partial charge in [-0.2, -0.15) is 0 Å². The third-order valence-corrected chi connectivity index (χ3v) is 0.577. The van der Waals surface area contributed by atoms with Crippen LogP contribution in [0.3, 0.4) is 0 Å². The largest absolute Gasteiger partial charge is 0.332 e. The average Bonchev–Trinajstić information content (AvgIpc) is 1.61. The lowest BCUT2D eigenvalue weighted by Gasteiger charge is -1.90. The zero-order valence-corrected chi connectivity index (χ0v) is 4.81. The number of nitrogens with two attached hydrogens (primary N) is 1. The van der Waals surface area contributed by atoms with E-state index in [1.165, 1.54) is 0 Å². The molecule has 0 aliphatic carbocycles. The summed E-state index contributed by atoms with van der Waals surface area (Å²) in [4.78, 5) is 0. The van der Waals surface area contributed by atoms with Crippen molar-refractivity contribution in [3.63, 3.8) is 0 Å². The fourth-order valence-corrected chi connectivity index (χ4v) is 0.248. The van der Waals surface area contributed by atoms with E-state index >= 15 is 0 Å². The SMILES string of the molecule is CC(C)C=CNN. The number of nitrogens with one attached hydrogen (secondary N) is 1. The highest BCUT2D eigenvalue weighted by atomic mass is 15.2. The van der Waals surface area contributed by atoms with Gasteiger partial charge in [-0.25, -0.2) is 0 Å². The van der Waals surface area contributed by atoms with Crippen molar-refractivity contribution in [2.75, 3.05) is 0 Å². The summed E-state index contributed by atoms with van der Waals surface area (Å²) in [5.41, 5.74) is 2.42. The zero-order chi connectivity index (χ0) is 5.70. The number of rotatable bonds is 2. The van der Waals surface area contributed by atoms with Crippen LogP contribution in [-0.4, -0.2) is 0 Å². The summed E-state index contributed by atoms with van der Waals surface area (Å²) >= 11 is 0. The van der Waals surface area contributed by atoms with Crippen molar-refractivity contribution in [3.8, 4) is 0 Å². The molecule has 0 atom stereocenters. The molecule has 42 valence electrons. The summed E-state index contributed by atoms with van der Waals surface area (Å²) in [7, 11) is 0. The second-order valence-corrected chi connectivity index (χ2v) is 1.77. The molecule has 0 spiro atoms. The van der Waals surface area contributed by atoms with E-state index in [4.69, 9.17) is 5.84 Å². The van der Waals surface area contributed by atoms with Crippen LogP contribution in [0.25, 0.3) is 0 Å². The topological polar surface area (TPSA) is 38.0 Å². The molecule has 0 saturated heterocycles. The van der Waals surface area contributed by atoms with Crippen LogP contribution in [0.5, 0.6) is 0 Å². The number of allylic oxidation sites excluding steroid dienone is 1. The fraction of sp³-hybridized carbons (Fsp3) is 0.600. The van der Waals surface area contributed by atoms with Crippen LogP contribution >= 0.6 is 0 Å². The molecule has 7 heavy (non-hydrogen) atoms. The summed E-state index contributed by atoms with van der Waals surface area (Å²) in [6.45, 7) is 4.18. The standard InChI is InChI=1S/C5H12N2/c1-5(2)3-4-7-6/h3-5,7H,6H2,1-2H3. The van der Waals surface area contributed by atoms with Crippen LogP contribution in [0.2, 0.25) is 0 Å². The van der Waals surface area contributed by atoms with Crippen molar-refractivity contribution in [1.82, 2.24) is 5.43 Å². The summed E-state index contributed by atoms with van der Waals surface area (Å²) in [5, 5.41) is 0. The third kappa shape index (κ3) is 5.50. The lowest BCUT2D eigenvalue weighted by Crippen LogP contribution is -2.13. The summed E-state index contributed by atoms with van der Waals surface area (Å²) in [5.74, 6) is 5.52. The summed E-state index contributed by atoms with van der Waals surface area (Å²) in [6.07, 6.45) is 3.71. The molecule has 0 amide bonds. The van der Waals surface area contributed by atoms with Gasteiger partial charge in [0.2, 0.25) is 0 Å². The smallest absolute Gasteiger partial charge is 0.00852 e. The Bertz CT molecular complexity index is 57.1. The zero-order valence-electron chi connectivity index (χ0n) is 4.81. The van der Waals surface area contributed by atoms with Crippen molar-refractivity contribution in [3.05, 3.63) is 12.3 Å². The first-order valence-corrected chi connectivity index (χ1v) is 2.40. The van der Waals surface area contributed by atoms with Gasteiger partial charge in [-0.15, -0.1) is 0 Å². The van der Waals surface area contributed by atoms with Gasteiger partial charge in [-0.05, 0) is 5.92 Å². The van der Waals surface area contributed by atoms with Gasteiger partial charge in [0.1, 0.15) is 0 Å². The Kier molecular flexibility index (Phi) is 3.42. The number of hydrogen-bond donors (Lipinski definition) is 2. The molecular formula is C5H12N2. The van der Waals surface area contributed by atoms with E-state index in [9.17, 15) is 0 Å². The third-order valence-electron chi connectivity index (χ3n) is 0.577. The predicted molar refractivity (Wildman–Crippen MR) is 31.3 cm³/mol. The molecule has 0 aromatic rings. The van der Waals surface area contributed by atoms with Crippen molar-refractivity contribution in [2.45, 2.75) is 13.8 Å². The molecule has 0 aromatic heterocycles. The van der Waals surface area contributed by atoms with Gasteiger partial charge in [0, 0.05) is 6.20 Å². The molecule has 0 aromatic carbocycles. The molecule has 0 fully saturated rings. The van der Waals surface area contributed by atoms with Crippen LogP contribution < -0.4 is 11.3 Å². The summed E-state index contributed by atoms with van der Waals surface area (Å²) < 4.78 is 0. The second-order valence-electron chi connectivity index (χ2n) is 1.77. The Morgan fingerprint density at radius 2 is 2.14 bits per heavy atom. The maximum atomic E-state index is 4.94. The normalized spacial score (nSPS) is 10.9. The first-order chi connectivity index (χ1) is 3.27. The van der Waals surface area contributed by atoms with Crippen molar-refractivity contribution in [1.29, 1.82) is 0 Å². The highest BCUT2D eigenvalue weighted by Gasteiger charge is 1.78.